The van der Waals surface area contributed by atoms with E-state index in [2.05, 4.69) is 15.4 Å². The van der Waals surface area contributed by atoms with Gasteiger partial charge in [-0.3, -0.25) is 0 Å². The second kappa shape index (κ2) is 9.98. The molecule has 2 aromatic rings. The van der Waals surface area contributed by atoms with Crippen LogP contribution in [0.3, 0.4) is 0 Å². The summed E-state index contributed by atoms with van der Waals surface area (Å²) >= 11 is 0. The van der Waals surface area contributed by atoms with Gasteiger partial charge in [0.05, 0.1) is 18.2 Å². The van der Waals surface area contributed by atoms with Crippen molar-refractivity contribution in [1.29, 1.82) is 0 Å². The molecule has 2 aliphatic heterocycles. The molecule has 0 aliphatic carbocycles. The number of nitrogens with one attached hydrogen (secondary N) is 1. The van der Waals surface area contributed by atoms with Crippen molar-refractivity contribution in [3.05, 3.63) is 35.9 Å². The lowest BCUT2D eigenvalue weighted by atomic mass is 10.1. The molecular formula is C23H32N4O3. The van der Waals surface area contributed by atoms with Crippen LogP contribution in [0.25, 0.3) is 11.3 Å². The number of carbonyl (C=O) groups excluding carboxylic acids is 1. The third-order valence-electron chi connectivity index (χ3n) is 5.87. The monoisotopic (exact) mass is 412 g/mol. The quantitative estimate of drug-likeness (QED) is 0.743. The lowest BCUT2D eigenvalue weighted by Gasteiger charge is -2.29. The normalized spacial score (nSPS) is 19.1. The molecule has 30 heavy (non-hydrogen) atoms. The van der Waals surface area contributed by atoms with Gasteiger partial charge >= 0.3 is 6.03 Å². The molecular weight excluding hydrogens is 380 g/mol. The van der Waals surface area contributed by atoms with Crippen LogP contribution in [0.15, 0.2) is 34.9 Å². The summed E-state index contributed by atoms with van der Waals surface area (Å²) in [5.74, 6) is 0.801. The maximum Gasteiger partial charge on any atom is 0.317 e. The molecule has 2 amide bonds. The number of rotatable bonds is 7. The maximum atomic E-state index is 12.9. The van der Waals surface area contributed by atoms with Crippen LogP contribution in [0, 0.1) is 0 Å². The van der Waals surface area contributed by atoms with Crippen LogP contribution in [0.1, 0.15) is 44.6 Å². The molecule has 7 nitrogen and oxygen atoms in total. The highest BCUT2D eigenvalue weighted by Gasteiger charge is 2.29. The molecule has 2 saturated heterocycles. The minimum absolute atomic E-state index is 0.0715. The Morgan fingerprint density at radius 1 is 1.20 bits per heavy atom. The second-order valence-corrected chi connectivity index (χ2v) is 8.08. The lowest BCUT2D eigenvalue weighted by molar-refractivity contribution is 0.0796. The molecule has 1 aromatic heterocycles. The zero-order chi connectivity index (χ0) is 20.8. The predicted octanol–water partition coefficient (Wildman–Crippen LogP) is 4.04. The van der Waals surface area contributed by atoms with E-state index in [0.717, 1.165) is 68.1 Å². The van der Waals surface area contributed by atoms with Gasteiger partial charge in [0.15, 0.2) is 0 Å². The number of amides is 2. The molecule has 2 aliphatic rings. The van der Waals surface area contributed by atoms with Gasteiger partial charge in [0.25, 0.3) is 0 Å². The van der Waals surface area contributed by atoms with Crippen molar-refractivity contribution in [2.24, 2.45) is 0 Å². The SMILES string of the molecule is CCNC(=O)N(Cc1c(-c2ccccc2)noc1N1CCCCC1)CC1CCCO1. The fourth-order valence-electron chi connectivity index (χ4n) is 4.32. The summed E-state index contributed by atoms with van der Waals surface area (Å²) in [6, 6.07) is 10.0. The standard InChI is InChI=1S/C23H32N4O3/c1-2-24-23(28)27(16-19-12-9-15-29-19)17-20-21(18-10-5-3-6-11-18)25-30-22(20)26-13-7-4-8-14-26/h3,5-6,10-11,19H,2,4,7-9,12-17H2,1H3,(H,24,28). The molecule has 1 N–H and O–H groups in total. The Morgan fingerprint density at radius 2 is 2.00 bits per heavy atom. The van der Waals surface area contributed by atoms with Gasteiger partial charge in [-0.15, -0.1) is 0 Å². The summed E-state index contributed by atoms with van der Waals surface area (Å²) in [5.41, 5.74) is 2.80. The predicted molar refractivity (Wildman–Crippen MR) is 116 cm³/mol. The number of carbonyl (C=O) groups is 1. The smallest absolute Gasteiger partial charge is 0.317 e. The number of benzene rings is 1. The molecule has 0 radical (unpaired) electrons. The van der Waals surface area contributed by atoms with Gasteiger partial charge in [0.2, 0.25) is 5.88 Å². The highest BCUT2D eigenvalue weighted by atomic mass is 16.5. The first-order valence-electron chi connectivity index (χ1n) is 11.2. The van der Waals surface area contributed by atoms with Crippen LogP contribution in [0.2, 0.25) is 0 Å². The van der Waals surface area contributed by atoms with Crippen LogP contribution in [0.4, 0.5) is 10.7 Å². The lowest BCUT2D eigenvalue weighted by Crippen LogP contribution is -2.43. The Bertz CT molecular complexity index is 811. The van der Waals surface area contributed by atoms with Crippen LogP contribution >= 0.6 is 0 Å². The average molecular weight is 413 g/mol. The highest BCUT2D eigenvalue weighted by molar-refractivity contribution is 5.75. The summed E-state index contributed by atoms with van der Waals surface area (Å²) in [6.07, 6.45) is 5.67. The van der Waals surface area contributed by atoms with Crippen LogP contribution < -0.4 is 10.2 Å². The topological polar surface area (TPSA) is 70.8 Å². The fourth-order valence-corrected chi connectivity index (χ4v) is 4.32. The Hall–Kier alpha value is -2.54. The van der Waals surface area contributed by atoms with Gasteiger partial charge in [-0.25, -0.2) is 4.79 Å². The van der Waals surface area contributed by atoms with Crippen molar-refractivity contribution in [3.8, 4) is 11.3 Å². The number of urea groups is 1. The first-order chi connectivity index (χ1) is 14.8. The molecule has 162 valence electrons. The zero-order valence-electron chi connectivity index (χ0n) is 17.8. The molecule has 1 unspecified atom stereocenters. The van der Waals surface area contributed by atoms with Crippen molar-refractivity contribution >= 4 is 11.9 Å². The molecule has 0 saturated carbocycles. The second-order valence-electron chi connectivity index (χ2n) is 8.08. The van der Waals surface area contributed by atoms with Gasteiger partial charge < -0.3 is 24.4 Å². The first kappa shape index (κ1) is 20.7. The molecule has 2 fully saturated rings. The Kier molecular flexibility index (Phi) is 6.89. The maximum absolute atomic E-state index is 12.9. The largest absolute Gasteiger partial charge is 0.376 e. The van der Waals surface area contributed by atoms with Crippen molar-refractivity contribution < 1.29 is 14.1 Å². The van der Waals surface area contributed by atoms with Crippen molar-refractivity contribution in [1.82, 2.24) is 15.4 Å². The van der Waals surface area contributed by atoms with E-state index in [0.29, 0.717) is 19.6 Å². The number of aromatic nitrogens is 1. The van der Waals surface area contributed by atoms with Gasteiger partial charge in [-0.1, -0.05) is 35.5 Å². The average Bonchev–Trinajstić information content (AvgIpc) is 3.45. The van der Waals surface area contributed by atoms with Gasteiger partial charge in [-0.05, 0) is 39.0 Å². The first-order valence-corrected chi connectivity index (χ1v) is 11.2. The molecule has 4 rings (SSSR count). The van der Waals surface area contributed by atoms with E-state index in [-0.39, 0.29) is 12.1 Å². The number of nitrogens with zero attached hydrogens (tertiary/aromatic N) is 3. The van der Waals surface area contributed by atoms with Gasteiger partial charge in [-0.2, -0.15) is 0 Å². The Balaban J connectivity index is 1.66. The third kappa shape index (κ3) is 4.78. The van der Waals surface area contributed by atoms with Gasteiger partial charge in [0, 0.05) is 38.3 Å². The Labute approximate surface area is 178 Å². The number of hydrogen-bond acceptors (Lipinski definition) is 5. The van der Waals surface area contributed by atoms with Crippen molar-refractivity contribution in [2.75, 3.05) is 37.7 Å². The van der Waals surface area contributed by atoms with Crippen LogP contribution in [-0.2, 0) is 11.3 Å². The molecule has 1 aromatic carbocycles. The summed E-state index contributed by atoms with van der Waals surface area (Å²) in [7, 11) is 0. The summed E-state index contributed by atoms with van der Waals surface area (Å²) in [6.45, 7) is 6.25. The Morgan fingerprint density at radius 3 is 2.70 bits per heavy atom. The molecule has 7 heteroatoms. The number of hydrogen-bond donors (Lipinski definition) is 1. The van der Waals surface area contributed by atoms with E-state index in [4.69, 9.17) is 9.26 Å². The number of anilines is 1. The van der Waals surface area contributed by atoms with E-state index in [9.17, 15) is 4.79 Å². The van der Waals surface area contributed by atoms with E-state index < -0.39 is 0 Å². The molecule has 0 spiro atoms. The van der Waals surface area contributed by atoms with Crippen molar-refractivity contribution in [3.63, 3.8) is 0 Å². The number of ether oxygens (including phenoxy) is 1. The molecule has 1 atom stereocenters. The minimum Gasteiger partial charge on any atom is -0.376 e. The summed E-state index contributed by atoms with van der Waals surface area (Å²) in [5, 5.41) is 7.40. The van der Waals surface area contributed by atoms with E-state index in [1.54, 1.807) is 0 Å². The summed E-state index contributed by atoms with van der Waals surface area (Å²) in [4.78, 5) is 17.0. The van der Waals surface area contributed by atoms with Crippen LogP contribution in [-0.4, -0.2) is 55.0 Å². The van der Waals surface area contributed by atoms with Gasteiger partial charge in [0.1, 0.15) is 5.69 Å². The zero-order valence-corrected chi connectivity index (χ0v) is 17.8. The molecule has 0 bridgehead atoms. The highest BCUT2D eigenvalue weighted by Crippen LogP contribution is 2.34. The fraction of sp³-hybridized carbons (Fsp3) is 0.565. The summed E-state index contributed by atoms with van der Waals surface area (Å²) < 4.78 is 11.7. The van der Waals surface area contributed by atoms with E-state index >= 15 is 0 Å². The molecule has 3 heterocycles. The van der Waals surface area contributed by atoms with E-state index in [1.165, 1.54) is 6.42 Å². The van der Waals surface area contributed by atoms with Crippen LogP contribution in [0.5, 0.6) is 0 Å². The third-order valence-corrected chi connectivity index (χ3v) is 5.87. The van der Waals surface area contributed by atoms with Crippen molar-refractivity contribution in [2.45, 2.75) is 51.7 Å². The van der Waals surface area contributed by atoms with E-state index in [1.807, 2.05) is 42.2 Å². The minimum atomic E-state index is -0.0715. The number of piperidine rings is 1.